The molecular weight excluding hydrogens is 239 g/mol. The third kappa shape index (κ3) is 2.77. The van der Waals surface area contributed by atoms with Gasteiger partial charge in [0.15, 0.2) is 0 Å². The summed E-state index contributed by atoms with van der Waals surface area (Å²) in [5.74, 6) is -0.394. The number of hydrogen-bond acceptors (Lipinski definition) is 3. The maximum absolute atomic E-state index is 12.4. The summed E-state index contributed by atoms with van der Waals surface area (Å²) in [7, 11) is 0. The number of halogens is 1. The lowest BCUT2D eigenvalue weighted by Crippen LogP contribution is -2.70. The first-order valence-corrected chi connectivity index (χ1v) is 5.54. The first-order valence-electron chi connectivity index (χ1n) is 5.54. The van der Waals surface area contributed by atoms with Gasteiger partial charge < -0.3 is 15.4 Å². The van der Waals surface area contributed by atoms with Crippen LogP contribution >= 0.6 is 0 Å². The standard InChI is InChI=1S/C12H13FN2O3/c13-6-9-10(11(16)14-9)15-12(17)18-7-8-4-2-1-3-5-8/h1-5,9-10H,6-7H2,(H,14,16)(H,15,17)/t9-,10+/m0/s1. The van der Waals surface area contributed by atoms with E-state index in [0.717, 1.165) is 5.56 Å². The van der Waals surface area contributed by atoms with Crippen molar-refractivity contribution in [2.75, 3.05) is 6.67 Å². The maximum atomic E-state index is 12.4. The highest BCUT2D eigenvalue weighted by Gasteiger charge is 2.40. The van der Waals surface area contributed by atoms with Crippen LogP contribution in [0.15, 0.2) is 30.3 Å². The Morgan fingerprint density at radius 1 is 1.39 bits per heavy atom. The summed E-state index contributed by atoms with van der Waals surface area (Å²) in [6.07, 6.45) is -0.725. The molecule has 0 saturated carbocycles. The lowest BCUT2D eigenvalue weighted by Gasteiger charge is -2.34. The molecule has 2 amide bonds. The second-order valence-corrected chi connectivity index (χ2v) is 3.95. The highest BCUT2D eigenvalue weighted by Crippen LogP contribution is 2.07. The average molecular weight is 252 g/mol. The number of carbonyl (C=O) groups is 2. The van der Waals surface area contributed by atoms with Crippen molar-refractivity contribution in [3.63, 3.8) is 0 Å². The summed E-state index contributed by atoms with van der Waals surface area (Å²) in [6, 6.07) is 7.65. The van der Waals surface area contributed by atoms with Crippen molar-refractivity contribution in [3.05, 3.63) is 35.9 Å². The molecule has 0 radical (unpaired) electrons. The molecular formula is C12H13FN2O3. The second-order valence-electron chi connectivity index (χ2n) is 3.95. The fraction of sp³-hybridized carbons (Fsp3) is 0.333. The average Bonchev–Trinajstić information content (AvgIpc) is 2.41. The predicted molar refractivity (Wildman–Crippen MR) is 61.5 cm³/mol. The van der Waals surface area contributed by atoms with Crippen LogP contribution in [0.3, 0.4) is 0 Å². The molecule has 18 heavy (non-hydrogen) atoms. The van der Waals surface area contributed by atoms with Crippen molar-refractivity contribution < 1.29 is 18.7 Å². The highest BCUT2D eigenvalue weighted by molar-refractivity contribution is 5.92. The van der Waals surface area contributed by atoms with Crippen LogP contribution in [0.1, 0.15) is 5.56 Å². The number of alkyl halides is 1. The SMILES string of the molecule is O=C(N[C@H]1C(=O)N[C@H]1CF)OCc1ccccc1. The van der Waals surface area contributed by atoms with Crippen molar-refractivity contribution in [1.82, 2.24) is 10.6 Å². The monoisotopic (exact) mass is 252 g/mol. The zero-order valence-corrected chi connectivity index (χ0v) is 9.56. The molecule has 0 unspecified atom stereocenters. The first-order chi connectivity index (χ1) is 8.70. The highest BCUT2D eigenvalue weighted by atomic mass is 19.1. The number of benzene rings is 1. The van der Waals surface area contributed by atoms with Gasteiger partial charge in [0.25, 0.3) is 0 Å². The van der Waals surface area contributed by atoms with Gasteiger partial charge in [-0.2, -0.15) is 0 Å². The summed E-state index contributed by atoms with van der Waals surface area (Å²) in [6.45, 7) is -0.601. The number of alkyl carbamates (subject to hydrolysis) is 1. The molecule has 2 atom stereocenters. The lowest BCUT2D eigenvalue weighted by atomic mass is 10.0. The van der Waals surface area contributed by atoms with E-state index in [-0.39, 0.29) is 6.61 Å². The summed E-state index contributed by atoms with van der Waals surface area (Å²) < 4.78 is 17.3. The van der Waals surface area contributed by atoms with E-state index in [1.54, 1.807) is 0 Å². The van der Waals surface area contributed by atoms with E-state index >= 15 is 0 Å². The Morgan fingerprint density at radius 3 is 2.72 bits per heavy atom. The van der Waals surface area contributed by atoms with Crippen LogP contribution in [0.25, 0.3) is 0 Å². The van der Waals surface area contributed by atoms with Crippen molar-refractivity contribution in [2.24, 2.45) is 0 Å². The Hall–Kier alpha value is -2.11. The molecule has 1 aliphatic rings. The van der Waals surface area contributed by atoms with Gasteiger partial charge in [-0.3, -0.25) is 4.79 Å². The minimum Gasteiger partial charge on any atom is -0.445 e. The normalized spacial score (nSPS) is 21.7. The molecule has 0 bridgehead atoms. The number of rotatable bonds is 4. The largest absolute Gasteiger partial charge is 0.445 e. The van der Waals surface area contributed by atoms with E-state index in [4.69, 9.17) is 4.74 Å². The Morgan fingerprint density at radius 2 is 2.11 bits per heavy atom. The van der Waals surface area contributed by atoms with Crippen LogP contribution < -0.4 is 10.6 Å². The summed E-state index contributed by atoms with van der Waals surface area (Å²) in [4.78, 5) is 22.5. The minimum absolute atomic E-state index is 0.112. The fourth-order valence-corrected chi connectivity index (χ4v) is 1.63. The Bertz CT molecular complexity index is 438. The van der Waals surface area contributed by atoms with Gasteiger partial charge in [0.2, 0.25) is 5.91 Å². The number of carbonyl (C=O) groups excluding carboxylic acids is 2. The number of nitrogens with one attached hydrogen (secondary N) is 2. The molecule has 1 heterocycles. The zero-order chi connectivity index (χ0) is 13.0. The van der Waals surface area contributed by atoms with Gasteiger partial charge in [0.05, 0.1) is 6.04 Å². The molecule has 5 nitrogen and oxygen atoms in total. The van der Waals surface area contributed by atoms with Gasteiger partial charge in [-0.1, -0.05) is 30.3 Å². The third-order valence-corrected chi connectivity index (χ3v) is 2.66. The predicted octanol–water partition coefficient (Wildman–Crippen LogP) is 0.749. The van der Waals surface area contributed by atoms with Crippen LogP contribution in [0.4, 0.5) is 9.18 Å². The van der Waals surface area contributed by atoms with Gasteiger partial charge in [-0.25, -0.2) is 9.18 Å². The number of β-lactam (4-membered cyclic amide) rings is 1. The Balaban J connectivity index is 1.77. The third-order valence-electron chi connectivity index (χ3n) is 2.66. The van der Waals surface area contributed by atoms with Crippen molar-refractivity contribution >= 4 is 12.0 Å². The van der Waals surface area contributed by atoms with E-state index in [0.29, 0.717) is 0 Å². The minimum atomic E-state index is -0.835. The number of amides is 2. The topological polar surface area (TPSA) is 67.4 Å². The molecule has 1 saturated heterocycles. The summed E-state index contributed by atoms with van der Waals surface area (Å²) >= 11 is 0. The van der Waals surface area contributed by atoms with Crippen LogP contribution in [-0.4, -0.2) is 30.8 Å². The van der Waals surface area contributed by atoms with E-state index in [1.165, 1.54) is 0 Å². The zero-order valence-electron chi connectivity index (χ0n) is 9.56. The molecule has 0 aliphatic carbocycles. The van der Waals surface area contributed by atoms with Gasteiger partial charge in [-0.15, -0.1) is 0 Å². The molecule has 0 aromatic heterocycles. The number of ether oxygens (including phenoxy) is 1. The van der Waals surface area contributed by atoms with E-state index in [2.05, 4.69) is 10.6 Å². The summed E-state index contributed by atoms with van der Waals surface area (Å²) in [5.41, 5.74) is 0.841. The smallest absolute Gasteiger partial charge is 0.408 e. The van der Waals surface area contributed by atoms with E-state index in [9.17, 15) is 14.0 Å². The quantitative estimate of drug-likeness (QED) is 0.777. The molecule has 1 aromatic rings. The van der Waals surface area contributed by atoms with Crippen LogP contribution in [0.2, 0.25) is 0 Å². The van der Waals surface area contributed by atoms with Gasteiger partial charge in [0.1, 0.15) is 19.3 Å². The fourth-order valence-electron chi connectivity index (χ4n) is 1.63. The maximum Gasteiger partial charge on any atom is 0.408 e. The Labute approximate surface area is 103 Å². The molecule has 2 rings (SSSR count). The molecule has 1 aliphatic heterocycles. The molecule has 2 N–H and O–H groups in total. The van der Waals surface area contributed by atoms with Crippen LogP contribution in [0.5, 0.6) is 0 Å². The molecule has 1 aromatic carbocycles. The molecule has 96 valence electrons. The second kappa shape index (κ2) is 5.48. The van der Waals surface area contributed by atoms with Crippen LogP contribution in [0, 0.1) is 0 Å². The number of hydrogen-bond donors (Lipinski definition) is 2. The molecule has 0 spiro atoms. The van der Waals surface area contributed by atoms with Crippen LogP contribution in [-0.2, 0) is 16.1 Å². The lowest BCUT2D eigenvalue weighted by molar-refractivity contribution is -0.132. The Kier molecular flexibility index (Phi) is 3.76. The van der Waals surface area contributed by atoms with Gasteiger partial charge in [-0.05, 0) is 5.56 Å². The van der Waals surface area contributed by atoms with Gasteiger partial charge >= 0.3 is 6.09 Å². The van der Waals surface area contributed by atoms with E-state index < -0.39 is 30.8 Å². The van der Waals surface area contributed by atoms with E-state index in [1.807, 2.05) is 30.3 Å². The first kappa shape index (κ1) is 12.3. The van der Waals surface area contributed by atoms with Crippen molar-refractivity contribution in [1.29, 1.82) is 0 Å². The molecule has 1 fully saturated rings. The van der Waals surface area contributed by atoms with Gasteiger partial charge in [0, 0.05) is 0 Å². The van der Waals surface area contributed by atoms with Crippen molar-refractivity contribution in [3.8, 4) is 0 Å². The summed E-state index contributed by atoms with van der Waals surface area (Å²) in [5, 5.41) is 4.66. The van der Waals surface area contributed by atoms with Crippen molar-refractivity contribution in [2.45, 2.75) is 18.7 Å². The molecule has 6 heteroatoms.